The predicted octanol–water partition coefficient (Wildman–Crippen LogP) is -0.0558. The Morgan fingerprint density at radius 3 is 2.79 bits per heavy atom. The number of nitrogens with one attached hydrogen (secondary N) is 2. The number of anilines is 1. The lowest BCUT2D eigenvalue weighted by molar-refractivity contribution is -0.121. The Hall–Kier alpha value is -1.19. The quantitative estimate of drug-likeness (QED) is 0.654. The molecule has 1 aromatic rings. The number of hydrogen-bond donors (Lipinski definition) is 3. The van der Waals surface area contributed by atoms with E-state index in [1.807, 2.05) is 6.92 Å². The molecule has 9 heteroatoms. The van der Waals surface area contributed by atoms with Crippen molar-refractivity contribution in [2.24, 2.45) is 0 Å². The Bertz CT molecular complexity index is 523. The maximum atomic E-state index is 11.6. The first-order chi connectivity index (χ1) is 8.84. The number of rotatable bonds is 7. The van der Waals surface area contributed by atoms with Crippen LogP contribution in [0.15, 0.2) is 5.38 Å². The number of aromatic nitrogens is 1. The number of aliphatic hydroxyl groups excluding tert-OH is 1. The molecule has 0 saturated heterocycles. The standard InChI is InChI=1S/C10H17N3O4S2/c1-3-7(5-14)11-9(15)4-8-6-18-10(12-8)13-19(2,16)17/h6-7,14H,3-5H2,1-2H3,(H,11,15)(H,12,13). The molecule has 1 aromatic heterocycles. The van der Waals surface area contributed by atoms with Gasteiger partial charge in [-0.05, 0) is 6.42 Å². The van der Waals surface area contributed by atoms with Gasteiger partial charge in [-0.3, -0.25) is 9.52 Å². The number of hydrogen-bond acceptors (Lipinski definition) is 6. The monoisotopic (exact) mass is 307 g/mol. The Labute approximate surface area is 116 Å². The number of carbonyl (C=O) groups is 1. The molecule has 1 unspecified atom stereocenters. The van der Waals surface area contributed by atoms with E-state index in [4.69, 9.17) is 5.11 Å². The van der Waals surface area contributed by atoms with Gasteiger partial charge in [0.05, 0.1) is 31.0 Å². The van der Waals surface area contributed by atoms with E-state index >= 15 is 0 Å². The molecule has 1 heterocycles. The molecule has 7 nitrogen and oxygen atoms in total. The van der Waals surface area contributed by atoms with E-state index in [1.54, 1.807) is 5.38 Å². The highest BCUT2D eigenvalue weighted by Crippen LogP contribution is 2.16. The summed E-state index contributed by atoms with van der Waals surface area (Å²) >= 11 is 1.12. The van der Waals surface area contributed by atoms with Crippen molar-refractivity contribution < 1.29 is 18.3 Å². The summed E-state index contributed by atoms with van der Waals surface area (Å²) in [5.41, 5.74) is 0.487. The molecule has 19 heavy (non-hydrogen) atoms. The zero-order valence-electron chi connectivity index (χ0n) is 10.7. The van der Waals surface area contributed by atoms with Gasteiger partial charge in [0.1, 0.15) is 0 Å². The summed E-state index contributed by atoms with van der Waals surface area (Å²) in [5, 5.41) is 13.5. The van der Waals surface area contributed by atoms with Gasteiger partial charge in [0, 0.05) is 5.38 Å². The average molecular weight is 307 g/mol. The molecule has 0 aromatic carbocycles. The number of carbonyl (C=O) groups excluding carboxylic acids is 1. The third kappa shape index (κ3) is 5.99. The second-order valence-corrected chi connectivity index (χ2v) is 6.66. The zero-order chi connectivity index (χ0) is 14.5. The molecule has 0 aliphatic carbocycles. The summed E-state index contributed by atoms with van der Waals surface area (Å²) in [5.74, 6) is -0.253. The highest BCUT2D eigenvalue weighted by atomic mass is 32.2. The largest absolute Gasteiger partial charge is 0.394 e. The molecular weight excluding hydrogens is 290 g/mol. The van der Waals surface area contributed by atoms with Crippen molar-refractivity contribution in [3.8, 4) is 0 Å². The van der Waals surface area contributed by atoms with Gasteiger partial charge in [-0.25, -0.2) is 13.4 Å². The first-order valence-corrected chi connectivity index (χ1v) is 8.43. The van der Waals surface area contributed by atoms with Gasteiger partial charge in [-0.1, -0.05) is 6.92 Å². The van der Waals surface area contributed by atoms with E-state index in [0.29, 0.717) is 12.1 Å². The molecular formula is C10H17N3O4S2. The van der Waals surface area contributed by atoms with Gasteiger partial charge in [0.15, 0.2) is 5.13 Å². The van der Waals surface area contributed by atoms with E-state index in [2.05, 4.69) is 15.0 Å². The molecule has 3 N–H and O–H groups in total. The van der Waals surface area contributed by atoms with Crippen molar-refractivity contribution >= 4 is 32.4 Å². The van der Waals surface area contributed by atoms with Crippen LogP contribution in [0.25, 0.3) is 0 Å². The van der Waals surface area contributed by atoms with Crippen molar-refractivity contribution in [1.29, 1.82) is 0 Å². The van der Waals surface area contributed by atoms with E-state index in [9.17, 15) is 13.2 Å². The third-order valence-corrected chi connectivity index (χ3v) is 3.74. The molecule has 1 amide bonds. The molecule has 0 aliphatic rings. The number of aliphatic hydroxyl groups is 1. The minimum atomic E-state index is -3.35. The lowest BCUT2D eigenvalue weighted by atomic mass is 10.2. The highest BCUT2D eigenvalue weighted by molar-refractivity contribution is 7.92. The first kappa shape index (κ1) is 15.9. The van der Waals surface area contributed by atoms with Crippen LogP contribution in [-0.4, -0.2) is 43.3 Å². The predicted molar refractivity (Wildman–Crippen MR) is 73.6 cm³/mol. The minimum absolute atomic E-state index is 0.0540. The molecule has 0 spiro atoms. The summed E-state index contributed by atoms with van der Waals surface area (Å²) in [6.45, 7) is 1.75. The molecule has 1 atom stereocenters. The third-order valence-electron chi connectivity index (χ3n) is 2.24. The van der Waals surface area contributed by atoms with Crippen LogP contribution in [0.2, 0.25) is 0 Å². The smallest absolute Gasteiger partial charge is 0.231 e. The van der Waals surface area contributed by atoms with Crippen LogP contribution < -0.4 is 10.0 Å². The van der Waals surface area contributed by atoms with Crippen molar-refractivity contribution in [2.75, 3.05) is 17.6 Å². The van der Waals surface area contributed by atoms with Crippen LogP contribution in [0.1, 0.15) is 19.0 Å². The number of sulfonamides is 1. The number of thiazole rings is 1. The summed E-state index contributed by atoms with van der Waals surface area (Å²) in [6, 6.07) is -0.264. The highest BCUT2D eigenvalue weighted by Gasteiger charge is 2.13. The van der Waals surface area contributed by atoms with Gasteiger partial charge in [0.2, 0.25) is 15.9 Å². The molecule has 0 bridgehead atoms. The second kappa shape index (κ2) is 6.83. The SMILES string of the molecule is CCC(CO)NC(=O)Cc1csc(NS(C)(=O)=O)n1. The second-order valence-electron chi connectivity index (χ2n) is 4.05. The Balaban J connectivity index is 2.56. The molecule has 108 valence electrons. The van der Waals surface area contributed by atoms with Crippen LogP contribution >= 0.6 is 11.3 Å². The van der Waals surface area contributed by atoms with E-state index in [-0.39, 0.29) is 30.1 Å². The number of amides is 1. The number of nitrogens with zero attached hydrogens (tertiary/aromatic N) is 1. The van der Waals surface area contributed by atoms with Gasteiger partial charge in [-0.2, -0.15) is 0 Å². The Kier molecular flexibility index (Phi) is 5.70. The summed E-state index contributed by atoms with van der Waals surface area (Å²) in [7, 11) is -3.35. The van der Waals surface area contributed by atoms with Crippen LogP contribution in [0.5, 0.6) is 0 Å². The molecule has 1 rings (SSSR count). The Morgan fingerprint density at radius 1 is 1.58 bits per heavy atom. The van der Waals surface area contributed by atoms with Gasteiger partial charge in [-0.15, -0.1) is 11.3 Å². The fourth-order valence-corrected chi connectivity index (χ4v) is 2.88. The molecule has 0 saturated carbocycles. The van der Waals surface area contributed by atoms with E-state index < -0.39 is 10.0 Å². The van der Waals surface area contributed by atoms with Crippen molar-refractivity contribution in [3.63, 3.8) is 0 Å². The van der Waals surface area contributed by atoms with Crippen molar-refractivity contribution in [3.05, 3.63) is 11.1 Å². The van der Waals surface area contributed by atoms with Crippen LogP contribution in [-0.2, 0) is 21.2 Å². The van der Waals surface area contributed by atoms with Gasteiger partial charge >= 0.3 is 0 Å². The van der Waals surface area contributed by atoms with Gasteiger partial charge < -0.3 is 10.4 Å². The minimum Gasteiger partial charge on any atom is -0.394 e. The maximum absolute atomic E-state index is 11.6. The van der Waals surface area contributed by atoms with Crippen LogP contribution in [0, 0.1) is 0 Å². The Morgan fingerprint density at radius 2 is 2.26 bits per heavy atom. The van der Waals surface area contributed by atoms with Gasteiger partial charge in [0.25, 0.3) is 0 Å². The molecule has 0 fully saturated rings. The van der Waals surface area contributed by atoms with Crippen LogP contribution in [0.3, 0.4) is 0 Å². The lowest BCUT2D eigenvalue weighted by Crippen LogP contribution is -2.37. The topological polar surface area (TPSA) is 108 Å². The lowest BCUT2D eigenvalue weighted by Gasteiger charge is -2.13. The van der Waals surface area contributed by atoms with Crippen molar-refractivity contribution in [1.82, 2.24) is 10.3 Å². The molecule has 0 radical (unpaired) electrons. The molecule has 0 aliphatic heterocycles. The average Bonchev–Trinajstić information content (AvgIpc) is 2.70. The van der Waals surface area contributed by atoms with Crippen LogP contribution in [0.4, 0.5) is 5.13 Å². The summed E-state index contributed by atoms with van der Waals surface area (Å²) in [6.07, 6.45) is 1.73. The summed E-state index contributed by atoms with van der Waals surface area (Å²) < 4.78 is 24.3. The van der Waals surface area contributed by atoms with E-state index in [0.717, 1.165) is 17.6 Å². The zero-order valence-corrected chi connectivity index (χ0v) is 12.3. The fraction of sp³-hybridized carbons (Fsp3) is 0.600. The van der Waals surface area contributed by atoms with E-state index in [1.165, 1.54) is 0 Å². The first-order valence-electron chi connectivity index (χ1n) is 5.66. The van der Waals surface area contributed by atoms with Crippen molar-refractivity contribution in [2.45, 2.75) is 25.8 Å². The fourth-order valence-electron chi connectivity index (χ4n) is 1.31. The normalized spacial score (nSPS) is 13.0. The maximum Gasteiger partial charge on any atom is 0.231 e. The summed E-state index contributed by atoms with van der Waals surface area (Å²) in [4.78, 5) is 15.6.